The highest BCUT2D eigenvalue weighted by atomic mass is 15.1. The lowest BCUT2D eigenvalue weighted by molar-refractivity contribution is 0.923. The second-order valence-corrected chi connectivity index (χ2v) is 2.70. The third-order valence-corrected chi connectivity index (χ3v) is 1.82. The molecule has 0 atom stereocenters. The van der Waals surface area contributed by atoms with Gasteiger partial charge in [-0.25, -0.2) is 9.97 Å². The van der Waals surface area contributed by atoms with E-state index in [2.05, 4.69) is 15.0 Å². The Kier molecular flexibility index (Phi) is 1.95. The zero-order chi connectivity index (χ0) is 9.97. The van der Waals surface area contributed by atoms with Crippen LogP contribution in [0.25, 0.3) is 5.82 Å². The van der Waals surface area contributed by atoms with E-state index in [1.807, 2.05) is 13.0 Å². The maximum absolute atomic E-state index is 8.78. The van der Waals surface area contributed by atoms with Crippen molar-refractivity contribution in [2.75, 3.05) is 0 Å². The van der Waals surface area contributed by atoms with E-state index in [0.29, 0.717) is 11.6 Å². The second-order valence-electron chi connectivity index (χ2n) is 2.70. The lowest BCUT2D eigenvalue weighted by atomic mass is 10.4. The first kappa shape index (κ1) is 8.38. The van der Waals surface area contributed by atoms with Crippen LogP contribution in [0.1, 0.15) is 11.5 Å². The predicted octanol–water partition coefficient (Wildman–Crippen LogP) is 0.842. The summed E-state index contributed by atoms with van der Waals surface area (Å²) >= 11 is 0. The Bertz CT molecular complexity index is 494. The summed E-state index contributed by atoms with van der Waals surface area (Å²) in [7, 11) is 0. The molecule has 0 aromatic carbocycles. The molecule has 0 fully saturated rings. The highest BCUT2D eigenvalue weighted by Gasteiger charge is 2.07. The third kappa shape index (κ3) is 1.23. The van der Waals surface area contributed by atoms with Crippen molar-refractivity contribution in [2.24, 2.45) is 0 Å². The monoisotopic (exact) mass is 185 g/mol. The lowest BCUT2D eigenvalue weighted by Crippen LogP contribution is -2.03. The van der Waals surface area contributed by atoms with E-state index in [9.17, 15) is 0 Å². The second kappa shape index (κ2) is 3.26. The van der Waals surface area contributed by atoms with E-state index in [4.69, 9.17) is 5.26 Å². The van der Waals surface area contributed by atoms with Crippen LogP contribution < -0.4 is 0 Å². The van der Waals surface area contributed by atoms with Gasteiger partial charge in [0.15, 0.2) is 5.82 Å². The first-order chi connectivity index (χ1) is 6.83. The smallest absolute Gasteiger partial charge is 0.218 e. The minimum absolute atomic E-state index is 0.314. The van der Waals surface area contributed by atoms with Crippen molar-refractivity contribution in [2.45, 2.75) is 6.92 Å². The van der Waals surface area contributed by atoms with Crippen LogP contribution in [0.3, 0.4) is 0 Å². The van der Waals surface area contributed by atoms with Crippen LogP contribution in [0.15, 0.2) is 24.8 Å². The Morgan fingerprint density at radius 1 is 1.21 bits per heavy atom. The first-order valence-corrected chi connectivity index (χ1v) is 4.04. The van der Waals surface area contributed by atoms with Crippen LogP contribution in [0, 0.1) is 18.3 Å². The van der Waals surface area contributed by atoms with Crippen LogP contribution in [-0.2, 0) is 0 Å². The van der Waals surface area contributed by atoms with Gasteiger partial charge in [0.25, 0.3) is 0 Å². The summed E-state index contributed by atoms with van der Waals surface area (Å²) in [5.74, 6) is 0.954. The molecule has 2 aromatic rings. The lowest BCUT2D eigenvalue weighted by Gasteiger charge is -2.03. The molecule has 0 saturated carbocycles. The summed E-state index contributed by atoms with van der Waals surface area (Å²) < 4.78 is 1.61. The Morgan fingerprint density at radius 2 is 2.00 bits per heavy atom. The molecule has 2 rings (SSSR count). The summed E-state index contributed by atoms with van der Waals surface area (Å²) in [6, 6.07) is 1.99. The van der Waals surface area contributed by atoms with Gasteiger partial charge in [0.1, 0.15) is 6.07 Å². The van der Waals surface area contributed by atoms with Gasteiger partial charge >= 0.3 is 0 Å². The number of nitriles is 1. The number of aryl methyl sites for hydroxylation is 1. The molecule has 2 heterocycles. The van der Waals surface area contributed by atoms with E-state index < -0.39 is 0 Å². The Balaban J connectivity index is 2.62. The molecule has 0 radical (unpaired) electrons. The zero-order valence-corrected chi connectivity index (χ0v) is 7.55. The normalized spacial score (nSPS) is 9.71. The van der Waals surface area contributed by atoms with Crippen molar-refractivity contribution >= 4 is 0 Å². The van der Waals surface area contributed by atoms with Crippen molar-refractivity contribution in [1.29, 1.82) is 5.26 Å². The summed E-state index contributed by atoms with van der Waals surface area (Å²) in [5.41, 5.74) is 0.766. The quantitative estimate of drug-likeness (QED) is 0.660. The molecule has 0 saturated heterocycles. The standard InChI is InChI=1S/C9H7N5/c1-7-9(13-3-2-11-7)14-5-4-12-8(14)6-10/h2-5H,1H3. The number of aromatic nitrogens is 4. The van der Waals surface area contributed by atoms with Crippen molar-refractivity contribution in [3.8, 4) is 11.9 Å². The average Bonchev–Trinajstić information content (AvgIpc) is 2.66. The number of rotatable bonds is 1. The van der Waals surface area contributed by atoms with Gasteiger partial charge in [-0.05, 0) is 6.92 Å². The van der Waals surface area contributed by atoms with Gasteiger partial charge in [0, 0.05) is 24.8 Å². The fraction of sp³-hybridized carbons (Fsp3) is 0.111. The van der Waals surface area contributed by atoms with Gasteiger partial charge in [-0.1, -0.05) is 0 Å². The summed E-state index contributed by atoms with van der Waals surface area (Å²) in [6.45, 7) is 1.84. The van der Waals surface area contributed by atoms with Crippen LogP contribution in [0.2, 0.25) is 0 Å². The molecule has 0 aliphatic rings. The SMILES string of the molecule is Cc1nccnc1-n1ccnc1C#N. The molecule has 5 heteroatoms. The Morgan fingerprint density at radius 3 is 2.71 bits per heavy atom. The Hall–Kier alpha value is -2.22. The molecule has 0 aliphatic carbocycles. The Labute approximate surface area is 80.7 Å². The topological polar surface area (TPSA) is 67.4 Å². The molecule has 0 spiro atoms. The first-order valence-electron chi connectivity index (χ1n) is 4.04. The minimum atomic E-state index is 0.314. The highest BCUT2D eigenvalue weighted by Crippen LogP contribution is 2.09. The number of imidazole rings is 1. The maximum Gasteiger partial charge on any atom is 0.218 e. The van der Waals surface area contributed by atoms with Crippen LogP contribution in [0.4, 0.5) is 0 Å². The third-order valence-electron chi connectivity index (χ3n) is 1.82. The molecule has 68 valence electrons. The summed E-state index contributed by atoms with van der Waals surface area (Å²) in [5, 5.41) is 8.78. The van der Waals surface area contributed by atoms with Crippen molar-refractivity contribution in [3.63, 3.8) is 0 Å². The molecular formula is C9H7N5. The van der Waals surface area contributed by atoms with Crippen molar-refractivity contribution in [1.82, 2.24) is 19.5 Å². The molecular weight excluding hydrogens is 178 g/mol. The zero-order valence-electron chi connectivity index (χ0n) is 7.55. The van der Waals surface area contributed by atoms with Gasteiger partial charge in [0.2, 0.25) is 5.82 Å². The van der Waals surface area contributed by atoms with E-state index in [-0.39, 0.29) is 0 Å². The van der Waals surface area contributed by atoms with Gasteiger partial charge < -0.3 is 0 Å². The minimum Gasteiger partial charge on any atom is -0.274 e. The molecule has 0 N–H and O–H groups in total. The van der Waals surface area contributed by atoms with Crippen LogP contribution >= 0.6 is 0 Å². The van der Waals surface area contributed by atoms with Gasteiger partial charge in [-0.3, -0.25) is 9.55 Å². The van der Waals surface area contributed by atoms with Gasteiger partial charge in [-0.2, -0.15) is 5.26 Å². The largest absolute Gasteiger partial charge is 0.274 e. The van der Waals surface area contributed by atoms with Crippen molar-refractivity contribution in [3.05, 3.63) is 36.3 Å². The number of hydrogen-bond donors (Lipinski definition) is 0. The predicted molar refractivity (Wildman–Crippen MR) is 48.6 cm³/mol. The molecule has 0 amide bonds. The molecule has 0 unspecified atom stereocenters. The highest BCUT2D eigenvalue weighted by molar-refractivity contribution is 5.31. The molecule has 14 heavy (non-hydrogen) atoms. The summed E-state index contributed by atoms with van der Waals surface area (Å²) in [4.78, 5) is 12.1. The average molecular weight is 185 g/mol. The van der Waals surface area contributed by atoms with E-state index in [1.54, 1.807) is 29.4 Å². The fourth-order valence-electron chi connectivity index (χ4n) is 1.19. The number of hydrogen-bond acceptors (Lipinski definition) is 4. The van der Waals surface area contributed by atoms with E-state index in [0.717, 1.165) is 5.69 Å². The molecule has 2 aromatic heterocycles. The van der Waals surface area contributed by atoms with E-state index >= 15 is 0 Å². The van der Waals surface area contributed by atoms with Gasteiger partial charge in [0.05, 0.1) is 5.69 Å². The van der Waals surface area contributed by atoms with Gasteiger partial charge in [-0.15, -0.1) is 0 Å². The van der Waals surface area contributed by atoms with Crippen LogP contribution in [0.5, 0.6) is 0 Å². The molecule has 0 bridgehead atoms. The van der Waals surface area contributed by atoms with E-state index in [1.165, 1.54) is 0 Å². The van der Waals surface area contributed by atoms with Crippen LogP contribution in [-0.4, -0.2) is 19.5 Å². The molecule has 5 nitrogen and oxygen atoms in total. The summed E-state index contributed by atoms with van der Waals surface area (Å²) in [6.07, 6.45) is 6.45. The van der Waals surface area contributed by atoms with Crippen molar-refractivity contribution < 1.29 is 0 Å². The molecule has 0 aliphatic heterocycles. The maximum atomic E-state index is 8.78. The number of nitrogens with zero attached hydrogens (tertiary/aromatic N) is 5. The fourth-order valence-corrected chi connectivity index (χ4v) is 1.19.